The fourth-order valence-corrected chi connectivity index (χ4v) is 2.43. The first kappa shape index (κ1) is 14.2. The zero-order chi connectivity index (χ0) is 12.7. The van der Waals surface area contributed by atoms with Gasteiger partial charge in [0.15, 0.2) is 5.78 Å². The van der Waals surface area contributed by atoms with Gasteiger partial charge < -0.3 is 0 Å². The average molecular weight is 234 g/mol. The molecule has 1 aliphatic carbocycles. The first-order valence-corrected chi connectivity index (χ1v) is 6.93. The van der Waals surface area contributed by atoms with E-state index in [-0.39, 0.29) is 11.2 Å². The van der Waals surface area contributed by atoms with E-state index in [1.807, 2.05) is 6.08 Å². The molecule has 0 unspecified atom stereocenters. The zero-order valence-corrected chi connectivity index (χ0v) is 11.6. The Labute approximate surface area is 106 Å². The Hall–Kier alpha value is -0.850. The lowest BCUT2D eigenvalue weighted by molar-refractivity contribution is -0.116. The van der Waals surface area contributed by atoms with Crippen molar-refractivity contribution >= 4 is 5.78 Å². The molecule has 0 saturated carbocycles. The number of ketones is 1. The molecular formula is C16H26O. The van der Waals surface area contributed by atoms with E-state index >= 15 is 0 Å². The predicted molar refractivity (Wildman–Crippen MR) is 74.0 cm³/mol. The molecule has 0 spiro atoms. The van der Waals surface area contributed by atoms with Gasteiger partial charge in [-0.1, -0.05) is 52.2 Å². The van der Waals surface area contributed by atoms with Crippen LogP contribution in [0.5, 0.6) is 0 Å². The first-order chi connectivity index (χ1) is 8.03. The molecule has 1 aliphatic rings. The molecule has 0 aromatic heterocycles. The molecule has 0 saturated heterocycles. The Morgan fingerprint density at radius 3 is 2.65 bits per heavy atom. The number of unbranched alkanes of at least 4 members (excludes halogenated alkanes) is 4. The summed E-state index contributed by atoms with van der Waals surface area (Å²) < 4.78 is 0. The van der Waals surface area contributed by atoms with Crippen LogP contribution in [0.4, 0.5) is 0 Å². The summed E-state index contributed by atoms with van der Waals surface area (Å²) in [6.07, 6.45) is 14.3. The highest BCUT2D eigenvalue weighted by Gasteiger charge is 2.26. The van der Waals surface area contributed by atoms with E-state index in [0.29, 0.717) is 6.42 Å². The summed E-state index contributed by atoms with van der Waals surface area (Å²) in [5.74, 6) is 0.284. The minimum absolute atomic E-state index is 0.147. The van der Waals surface area contributed by atoms with E-state index in [1.165, 1.54) is 31.3 Å². The maximum atomic E-state index is 11.6. The zero-order valence-electron chi connectivity index (χ0n) is 11.6. The Morgan fingerprint density at radius 1 is 1.24 bits per heavy atom. The van der Waals surface area contributed by atoms with Gasteiger partial charge in [-0.15, -0.1) is 0 Å². The van der Waals surface area contributed by atoms with Crippen LogP contribution in [0, 0.1) is 5.41 Å². The van der Waals surface area contributed by atoms with Crippen LogP contribution in [0.25, 0.3) is 0 Å². The summed E-state index contributed by atoms with van der Waals surface area (Å²) >= 11 is 0. The number of hydrogen-bond donors (Lipinski definition) is 0. The molecular weight excluding hydrogens is 208 g/mol. The quantitative estimate of drug-likeness (QED) is 0.602. The molecule has 0 aliphatic heterocycles. The molecule has 0 bridgehead atoms. The summed E-state index contributed by atoms with van der Waals surface area (Å²) in [6, 6.07) is 0. The van der Waals surface area contributed by atoms with E-state index in [2.05, 4.69) is 32.9 Å². The number of rotatable bonds is 6. The van der Waals surface area contributed by atoms with Crippen molar-refractivity contribution in [3.05, 3.63) is 23.8 Å². The van der Waals surface area contributed by atoms with Crippen LogP contribution in [0.2, 0.25) is 0 Å². The maximum absolute atomic E-state index is 11.6. The van der Waals surface area contributed by atoms with Crippen LogP contribution in [-0.2, 0) is 4.79 Å². The molecule has 1 nitrogen and oxygen atoms in total. The molecule has 0 N–H and O–H groups in total. The molecule has 0 amide bonds. The lowest BCUT2D eigenvalue weighted by Gasteiger charge is -2.27. The minimum atomic E-state index is 0.147. The van der Waals surface area contributed by atoms with Gasteiger partial charge in [0.05, 0.1) is 0 Å². The van der Waals surface area contributed by atoms with Crippen molar-refractivity contribution in [3.63, 3.8) is 0 Å². The molecule has 17 heavy (non-hydrogen) atoms. The highest BCUT2D eigenvalue weighted by molar-refractivity contribution is 5.92. The van der Waals surface area contributed by atoms with E-state index in [0.717, 1.165) is 12.8 Å². The van der Waals surface area contributed by atoms with Gasteiger partial charge in [0.1, 0.15) is 0 Å². The van der Waals surface area contributed by atoms with Crippen LogP contribution >= 0.6 is 0 Å². The van der Waals surface area contributed by atoms with Crippen molar-refractivity contribution < 1.29 is 4.79 Å². The van der Waals surface area contributed by atoms with Crippen LogP contribution in [0.1, 0.15) is 65.7 Å². The summed E-state index contributed by atoms with van der Waals surface area (Å²) in [7, 11) is 0. The summed E-state index contributed by atoms with van der Waals surface area (Å²) in [5, 5.41) is 0. The van der Waals surface area contributed by atoms with Crippen molar-refractivity contribution in [2.45, 2.75) is 65.7 Å². The second-order valence-electron chi connectivity index (χ2n) is 5.96. The number of hydrogen-bond acceptors (Lipinski definition) is 1. The van der Waals surface area contributed by atoms with Crippen molar-refractivity contribution in [2.24, 2.45) is 5.41 Å². The van der Waals surface area contributed by atoms with E-state index in [4.69, 9.17) is 0 Å². The van der Waals surface area contributed by atoms with Gasteiger partial charge in [-0.2, -0.15) is 0 Å². The van der Waals surface area contributed by atoms with E-state index in [9.17, 15) is 4.79 Å². The molecule has 0 aromatic carbocycles. The third-order valence-corrected chi connectivity index (χ3v) is 3.24. The van der Waals surface area contributed by atoms with Crippen molar-refractivity contribution in [3.8, 4) is 0 Å². The maximum Gasteiger partial charge on any atom is 0.156 e. The fourth-order valence-electron chi connectivity index (χ4n) is 2.43. The Bertz CT molecular complexity index is 307. The molecule has 1 heteroatoms. The van der Waals surface area contributed by atoms with Gasteiger partial charge in [-0.05, 0) is 36.3 Å². The monoisotopic (exact) mass is 234 g/mol. The average Bonchev–Trinajstić information content (AvgIpc) is 2.20. The van der Waals surface area contributed by atoms with Crippen LogP contribution in [0.15, 0.2) is 23.8 Å². The minimum Gasteiger partial charge on any atom is -0.295 e. The standard InChI is InChI=1S/C16H26O/c1-4-5-6-7-8-9-10-14-11-15(17)13-16(2,3)12-14/h9-11H,4-8,12-13H2,1-3H3/b10-9+. The van der Waals surface area contributed by atoms with Crippen molar-refractivity contribution in [2.75, 3.05) is 0 Å². The summed E-state index contributed by atoms with van der Waals surface area (Å²) in [5.41, 5.74) is 1.36. The SMILES string of the molecule is CCCCCC/C=C/C1=CC(=O)CC(C)(C)C1. The molecule has 0 fully saturated rings. The van der Waals surface area contributed by atoms with Gasteiger partial charge in [0.25, 0.3) is 0 Å². The Balaban J connectivity index is 2.35. The highest BCUT2D eigenvalue weighted by atomic mass is 16.1. The lowest BCUT2D eigenvalue weighted by atomic mass is 9.77. The van der Waals surface area contributed by atoms with E-state index in [1.54, 1.807) is 0 Å². The second-order valence-corrected chi connectivity index (χ2v) is 5.96. The van der Waals surface area contributed by atoms with Crippen LogP contribution in [-0.4, -0.2) is 5.78 Å². The van der Waals surface area contributed by atoms with Gasteiger partial charge >= 0.3 is 0 Å². The normalized spacial score (nSPS) is 19.7. The Morgan fingerprint density at radius 2 is 2.00 bits per heavy atom. The second kappa shape index (κ2) is 6.78. The van der Waals surface area contributed by atoms with Crippen molar-refractivity contribution in [1.29, 1.82) is 0 Å². The van der Waals surface area contributed by atoms with Gasteiger partial charge in [-0.25, -0.2) is 0 Å². The molecule has 1 rings (SSSR count). The van der Waals surface area contributed by atoms with Gasteiger partial charge in [0.2, 0.25) is 0 Å². The molecule has 0 aromatic rings. The van der Waals surface area contributed by atoms with Gasteiger partial charge in [0, 0.05) is 6.42 Å². The van der Waals surface area contributed by atoms with Crippen LogP contribution < -0.4 is 0 Å². The smallest absolute Gasteiger partial charge is 0.156 e. The predicted octanol–water partition coefficient (Wildman–Crippen LogP) is 4.83. The summed E-state index contributed by atoms with van der Waals surface area (Å²) in [4.78, 5) is 11.6. The van der Waals surface area contributed by atoms with Crippen LogP contribution in [0.3, 0.4) is 0 Å². The summed E-state index contributed by atoms with van der Waals surface area (Å²) in [6.45, 7) is 6.58. The number of carbonyl (C=O) groups is 1. The van der Waals surface area contributed by atoms with Gasteiger partial charge in [-0.3, -0.25) is 4.79 Å². The fraction of sp³-hybridized carbons (Fsp3) is 0.688. The van der Waals surface area contributed by atoms with E-state index < -0.39 is 0 Å². The largest absolute Gasteiger partial charge is 0.295 e. The molecule has 96 valence electrons. The van der Waals surface area contributed by atoms with Crippen molar-refractivity contribution in [1.82, 2.24) is 0 Å². The Kier molecular flexibility index (Phi) is 5.67. The number of allylic oxidation sites excluding steroid dienone is 4. The molecule has 0 atom stereocenters. The highest BCUT2D eigenvalue weighted by Crippen LogP contribution is 2.34. The topological polar surface area (TPSA) is 17.1 Å². The third kappa shape index (κ3) is 5.86. The molecule has 0 heterocycles. The third-order valence-electron chi connectivity index (χ3n) is 3.24. The molecule has 0 radical (unpaired) electrons. The number of carbonyl (C=O) groups excluding carboxylic acids is 1. The lowest BCUT2D eigenvalue weighted by Crippen LogP contribution is -2.21. The first-order valence-electron chi connectivity index (χ1n) is 6.93.